The third-order valence-electron chi connectivity index (χ3n) is 12.5. The number of allylic oxidation sites excluding steroid dienone is 5. The summed E-state index contributed by atoms with van der Waals surface area (Å²) < 4.78 is 0. The largest absolute Gasteiger partial charge is 0.208 e. The molecule has 6 aromatic carbocycles. The van der Waals surface area contributed by atoms with Gasteiger partial charge in [0.05, 0.1) is 0 Å². The second-order valence-corrected chi connectivity index (χ2v) is 16.1. The van der Waals surface area contributed by atoms with Gasteiger partial charge in [-0.1, -0.05) is 189 Å². The summed E-state index contributed by atoms with van der Waals surface area (Å²) in [6, 6.07) is 53.5. The number of hydrogen-bond donors (Lipinski definition) is 0. The molecular weight excluding hydrogens is 703 g/mol. The zero-order valence-corrected chi connectivity index (χ0v) is 32.9. The summed E-state index contributed by atoms with van der Waals surface area (Å²) in [6.07, 6.45) is 21.5. The quantitative estimate of drug-likeness (QED) is 0.155. The highest BCUT2D eigenvalue weighted by molar-refractivity contribution is 5.81. The molecule has 1 heterocycles. The van der Waals surface area contributed by atoms with Crippen LogP contribution in [0.5, 0.6) is 0 Å². The van der Waals surface area contributed by atoms with Crippen molar-refractivity contribution in [2.24, 2.45) is 0 Å². The van der Waals surface area contributed by atoms with Gasteiger partial charge in [-0.25, -0.2) is 15.0 Å². The van der Waals surface area contributed by atoms with Gasteiger partial charge in [-0.2, -0.15) is 0 Å². The minimum atomic E-state index is -0.0276. The molecule has 0 amide bonds. The Labute approximate surface area is 342 Å². The molecule has 3 aliphatic rings. The first kappa shape index (κ1) is 35.9. The zero-order valence-electron chi connectivity index (χ0n) is 32.9. The Morgan fingerprint density at radius 3 is 1.69 bits per heavy atom. The van der Waals surface area contributed by atoms with Gasteiger partial charge in [-0.3, -0.25) is 0 Å². The Balaban J connectivity index is 0.962. The first-order valence-corrected chi connectivity index (χ1v) is 21.1. The highest BCUT2D eigenvalue weighted by Gasteiger charge is 2.35. The summed E-state index contributed by atoms with van der Waals surface area (Å²) in [6.45, 7) is 0. The average Bonchev–Trinajstić information content (AvgIpc) is 3.32. The molecule has 3 heteroatoms. The van der Waals surface area contributed by atoms with Crippen molar-refractivity contribution in [1.29, 1.82) is 0 Å². The lowest BCUT2D eigenvalue weighted by Gasteiger charge is -2.39. The third-order valence-corrected chi connectivity index (χ3v) is 12.5. The van der Waals surface area contributed by atoms with E-state index in [0.717, 1.165) is 61.0 Å². The predicted molar refractivity (Wildman–Crippen MR) is 241 cm³/mol. The van der Waals surface area contributed by atoms with Crippen molar-refractivity contribution >= 4 is 11.6 Å². The number of nitrogens with zero attached hydrogens (tertiary/aromatic N) is 3. The molecule has 0 N–H and O–H groups in total. The van der Waals surface area contributed by atoms with E-state index >= 15 is 0 Å². The Morgan fingerprint density at radius 2 is 0.983 bits per heavy atom. The maximum absolute atomic E-state index is 5.10. The molecule has 1 saturated carbocycles. The molecule has 0 aliphatic heterocycles. The van der Waals surface area contributed by atoms with Crippen molar-refractivity contribution in [3.05, 3.63) is 198 Å². The van der Waals surface area contributed by atoms with E-state index in [0.29, 0.717) is 11.6 Å². The molecule has 0 radical (unpaired) electrons. The molecule has 3 nitrogen and oxygen atoms in total. The average molecular weight is 750 g/mol. The lowest BCUT2D eigenvalue weighted by Crippen LogP contribution is -2.30. The summed E-state index contributed by atoms with van der Waals surface area (Å²) >= 11 is 0. The molecule has 10 rings (SSSR count). The number of hydrogen-bond acceptors (Lipinski definition) is 3. The molecule has 0 unspecified atom stereocenters. The lowest BCUT2D eigenvalue weighted by atomic mass is 9.65. The number of aryl methyl sites for hydroxylation is 1. The lowest BCUT2D eigenvalue weighted by molar-refractivity contribution is 0.346. The molecular formula is C55H47N3. The summed E-state index contributed by atoms with van der Waals surface area (Å²) in [5.41, 5.74) is 16.1. The Kier molecular flexibility index (Phi) is 9.80. The Hall–Kier alpha value is -6.45. The van der Waals surface area contributed by atoms with Gasteiger partial charge in [0.25, 0.3) is 0 Å². The summed E-state index contributed by atoms with van der Waals surface area (Å²) in [7, 11) is 0. The first-order valence-electron chi connectivity index (χ1n) is 21.1. The monoisotopic (exact) mass is 749 g/mol. The van der Waals surface area contributed by atoms with E-state index in [1.165, 1.54) is 74.9 Å². The molecule has 3 aliphatic carbocycles. The van der Waals surface area contributed by atoms with Gasteiger partial charge >= 0.3 is 0 Å². The van der Waals surface area contributed by atoms with Crippen LogP contribution in [0, 0.1) is 0 Å². The minimum Gasteiger partial charge on any atom is -0.208 e. The maximum atomic E-state index is 5.10. The standard InChI is InChI=1S/C55H47N3/c1-4-14-39(15-5-1)40-24-26-44(27-25-40)53-56-52(43-17-6-2-7-18-43)57-54(58-53)45-30-34-49(35-31-45)55(36-10-3-11-37-55)48-32-28-41(29-33-48)46-20-12-21-47(38-46)51-23-13-19-42-16-8-9-22-50(42)51/h1,4-6,9,12-15,17-35,38H,2-3,7-8,10-11,16,36-37H2. The van der Waals surface area contributed by atoms with E-state index in [1.54, 1.807) is 0 Å². The smallest absolute Gasteiger partial charge is 0.164 e. The normalized spacial score (nSPS) is 15.8. The molecule has 0 atom stereocenters. The fraction of sp³-hybridized carbons (Fsp3) is 0.182. The highest BCUT2D eigenvalue weighted by Crippen LogP contribution is 2.46. The van der Waals surface area contributed by atoms with Crippen LogP contribution in [0.4, 0.5) is 0 Å². The van der Waals surface area contributed by atoms with Gasteiger partial charge in [0, 0.05) is 22.1 Å². The van der Waals surface area contributed by atoms with Crippen LogP contribution in [0.15, 0.2) is 170 Å². The van der Waals surface area contributed by atoms with E-state index in [-0.39, 0.29) is 5.41 Å². The predicted octanol–water partition coefficient (Wildman–Crippen LogP) is 14.1. The molecule has 1 fully saturated rings. The first-order chi connectivity index (χ1) is 28.7. The fourth-order valence-electron chi connectivity index (χ4n) is 9.39. The highest BCUT2D eigenvalue weighted by atomic mass is 15.0. The molecule has 1 aromatic heterocycles. The van der Waals surface area contributed by atoms with E-state index < -0.39 is 0 Å². The van der Waals surface area contributed by atoms with E-state index in [4.69, 9.17) is 15.0 Å². The molecule has 282 valence electrons. The Bertz CT molecular complexity index is 2660. The van der Waals surface area contributed by atoms with Crippen molar-refractivity contribution < 1.29 is 0 Å². The summed E-state index contributed by atoms with van der Waals surface area (Å²) in [5, 5.41) is 0. The van der Waals surface area contributed by atoms with Crippen molar-refractivity contribution in [1.82, 2.24) is 15.0 Å². The van der Waals surface area contributed by atoms with Gasteiger partial charge in [0.1, 0.15) is 0 Å². The van der Waals surface area contributed by atoms with Crippen LogP contribution in [0.2, 0.25) is 0 Å². The van der Waals surface area contributed by atoms with Crippen LogP contribution in [0.1, 0.15) is 79.4 Å². The minimum absolute atomic E-state index is 0.0276. The van der Waals surface area contributed by atoms with Gasteiger partial charge in [-0.05, 0) is 100 Å². The fourth-order valence-corrected chi connectivity index (χ4v) is 9.39. The number of benzene rings is 6. The summed E-state index contributed by atoms with van der Waals surface area (Å²) in [5.74, 6) is 2.12. The number of aromatic nitrogens is 3. The molecule has 0 saturated heterocycles. The van der Waals surface area contributed by atoms with Crippen molar-refractivity contribution in [2.75, 3.05) is 0 Å². The zero-order chi connectivity index (χ0) is 38.7. The van der Waals surface area contributed by atoms with Gasteiger partial charge in [-0.15, -0.1) is 0 Å². The Morgan fingerprint density at radius 1 is 0.414 bits per heavy atom. The van der Waals surface area contributed by atoms with Crippen molar-refractivity contribution in [2.45, 2.75) is 63.2 Å². The molecule has 7 aromatic rings. The second-order valence-electron chi connectivity index (χ2n) is 16.1. The van der Waals surface area contributed by atoms with Crippen molar-refractivity contribution in [3.8, 4) is 56.2 Å². The van der Waals surface area contributed by atoms with Crippen LogP contribution in [-0.2, 0) is 11.8 Å². The van der Waals surface area contributed by atoms with Gasteiger partial charge in [0.2, 0.25) is 0 Å². The van der Waals surface area contributed by atoms with E-state index in [1.807, 2.05) is 0 Å². The summed E-state index contributed by atoms with van der Waals surface area (Å²) in [4.78, 5) is 15.2. The van der Waals surface area contributed by atoms with E-state index in [2.05, 4.69) is 176 Å². The second kappa shape index (κ2) is 15.8. The molecule has 58 heavy (non-hydrogen) atoms. The number of rotatable bonds is 8. The topological polar surface area (TPSA) is 38.7 Å². The van der Waals surface area contributed by atoms with Crippen LogP contribution in [0.3, 0.4) is 0 Å². The molecule has 0 spiro atoms. The maximum Gasteiger partial charge on any atom is 0.164 e. The van der Waals surface area contributed by atoms with Gasteiger partial charge in [0.15, 0.2) is 17.5 Å². The SMILES string of the molecule is C1=CC(c2nc(-c3ccc(-c4ccccc4)cc3)nc(-c3ccc(C4(c5ccc(-c6cccc(-c7cccc8c7C=CCC8)c6)cc5)CCCCC4)cc3)n2)=CCC1. The van der Waals surface area contributed by atoms with E-state index in [9.17, 15) is 0 Å². The van der Waals surface area contributed by atoms with Crippen LogP contribution < -0.4 is 0 Å². The number of fused-ring (bicyclic) bond motifs is 1. The van der Waals surface area contributed by atoms with Crippen LogP contribution in [-0.4, -0.2) is 15.0 Å². The van der Waals surface area contributed by atoms with Crippen LogP contribution in [0.25, 0.3) is 67.8 Å². The third kappa shape index (κ3) is 7.07. The molecule has 0 bridgehead atoms. The van der Waals surface area contributed by atoms with Crippen molar-refractivity contribution in [3.63, 3.8) is 0 Å². The van der Waals surface area contributed by atoms with Gasteiger partial charge < -0.3 is 0 Å². The van der Waals surface area contributed by atoms with Crippen LogP contribution >= 0.6 is 0 Å².